The first-order chi connectivity index (χ1) is 18.5. The lowest BCUT2D eigenvalue weighted by atomic mass is 10.0. The summed E-state index contributed by atoms with van der Waals surface area (Å²) in [5.41, 5.74) is 2.12. The second-order valence-electron chi connectivity index (χ2n) is 9.00. The van der Waals surface area contributed by atoms with Gasteiger partial charge in [0.15, 0.2) is 11.6 Å². The number of fused-ring (bicyclic) bond motifs is 1. The van der Waals surface area contributed by atoms with Crippen molar-refractivity contribution in [2.24, 2.45) is 0 Å². The molecule has 0 aliphatic carbocycles. The molecule has 0 saturated carbocycles. The molecule has 0 radical (unpaired) electrons. The molecular weight excluding hydrogens is 532 g/mol. The van der Waals surface area contributed by atoms with E-state index in [1.54, 1.807) is 48.5 Å². The van der Waals surface area contributed by atoms with Gasteiger partial charge in [-0.2, -0.15) is 0 Å². The van der Waals surface area contributed by atoms with Gasteiger partial charge in [-0.25, -0.2) is 17.2 Å². The van der Waals surface area contributed by atoms with Crippen LogP contribution in [0.3, 0.4) is 0 Å². The summed E-state index contributed by atoms with van der Waals surface area (Å²) < 4.78 is 62.0. The highest BCUT2D eigenvalue weighted by Crippen LogP contribution is 2.33. The maximum absolute atomic E-state index is 14.0. The standard InChI is InChI=1S/C28H25F2NO7S/c1-39(35,36)13-3-11-31(16-25(32)33)28(34)20-5-2-4-18(14-20)17-38-21-8-6-19(7-9-21)23-15-24(29)26(30)22-10-12-37-27(22)23/h2,4-10,12,14-15H,3,11,13,16-17H2,1H3,(H,32,33). The Morgan fingerprint density at radius 1 is 1.05 bits per heavy atom. The number of furan rings is 1. The minimum atomic E-state index is -3.25. The van der Waals surface area contributed by atoms with Crippen molar-refractivity contribution in [3.63, 3.8) is 0 Å². The number of carboxylic acids is 1. The maximum atomic E-state index is 14.0. The fourth-order valence-corrected chi connectivity index (χ4v) is 4.75. The van der Waals surface area contributed by atoms with E-state index in [-0.39, 0.29) is 41.9 Å². The van der Waals surface area contributed by atoms with Crippen molar-refractivity contribution >= 4 is 32.7 Å². The van der Waals surface area contributed by atoms with Crippen molar-refractivity contribution in [1.82, 2.24) is 4.90 Å². The Kier molecular flexibility index (Phi) is 8.29. The number of benzene rings is 3. The topological polar surface area (TPSA) is 114 Å². The molecule has 4 rings (SSSR count). The van der Waals surface area contributed by atoms with Gasteiger partial charge >= 0.3 is 5.97 Å². The predicted octanol–water partition coefficient (Wildman–Crippen LogP) is 4.92. The van der Waals surface area contributed by atoms with Crippen LogP contribution in [-0.2, 0) is 21.2 Å². The molecule has 39 heavy (non-hydrogen) atoms. The Morgan fingerprint density at radius 3 is 2.49 bits per heavy atom. The van der Waals surface area contributed by atoms with Gasteiger partial charge in [0, 0.05) is 23.9 Å². The molecule has 4 aromatic rings. The summed E-state index contributed by atoms with van der Waals surface area (Å²) in [6, 6.07) is 15.6. The first kappa shape index (κ1) is 27.8. The zero-order valence-corrected chi connectivity index (χ0v) is 21.7. The van der Waals surface area contributed by atoms with E-state index in [1.165, 1.54) is 12.3 Å². The van der Waals surface area contributed by atoms with E-state index < -0.39 is 39.9 Å². The molecule has 1 N–H and O–H groups in total. The fourth-order valence-electron chi connectivity index (χ4n) is 4.10. The van der Waals surface area contributed by atoms with Gasteiger partial charge in [0.25, 0.3) is 5.91 Å². The number of sulfone groups is 1. The van der Waals surface area contributed by atoms with Gasteiger partial charge in [-0.15, -0.1) is 0 Å². The van der Waals surface area contributed by atoms with Crippen LogP contribution >= 0.6 is 0 Å². The summed E-state index contributed by atoms with van der Waals surface area (Å²) in [5, 5.41) is 9.24. The SMILES string of the molecule is CS(=O)(=O)CCCN(CC(=O)O)C(=O)c1cccc(COc2ccc(-c3cc(F)c(F)c4ccoc34)cc2)c1. The van der Waals surface area contributed by atoms with Crippen molar-refractivity contribution in [3.8, 4) is 16.9 Å². The van der Waals surface area contributed by atoms with Gasteiger partial charge in [-0.3, -0.25) is 9.59 Å². The molecule has 0 aliphatic heterocycles. The van der Waals surface area contributed by atoms with E-state index in [0.29, 0.717) is 22.4 Å². The summed E-state index contributed by atoms with van der Waals surface area (Å²) in [6.45, 7) is -0.480. The second-order valence-corrected chi connectivity index (χ2v) is 11.3. The highest BCUT2D eigenvalue weighted by atomic mass is 32.2. The van der Waals surface area contributed by atoms with Crippen molar-refractivity contribution < 1.29 is 41.0 Å². The number of carbonyl (C=O) groups excluding carboxylic acids is 1. The Hall–Kier alpha value is -4.25. The number of rotatable bonds is 11. The molecule has 1 amide bonds. The summed E-state index contributed by atoms with van der Waals surface area (Å²) in [7, 11) is -3.25. The smallest absolute Gasteiger partial charge is 0.323 e. The number of carboxylic acid groups (broad SMARTS) is 1. The average molecular weight is 558 g/mol. The van der Waals surface area contributed by atoms with E-state index in [0.717, 1.165) is 17.2 Å². The third kappa shape index (κ3) is 6.99. The highest BCUT2D eigenvalue weighted by Gasteiger charge is 2.20. The normalized spacial score (nSPS) is 11.5. The van der Waals surface area contributed by atoms with E-state index in [4.69, 9.17) is 9.15 Å². The average Bonchev–Trinajstić information content (AvgIpc) is 3.39. The van der Waals surface area contributed by atoms with Gasteiger partial charge in [0.2, 0.25) is 0 Å². The van der Waals surface area contributed by atoms with E-state index in [1.807, 2.05) is 0 Å². The monoisotopic (exact) mass is 557 g/mol. The van der Waals surface area contributed by atoms with Crippen LogP contribution < -0.4 is 4.74 Å². The number of carbonyl (C=O) groups is 2. The van der Waals surface area contributed by atoms with Crippen LogP contribution in [0.15, 0.2) is 71.3 Å². The molecule has 1 heterocycles. The Morgan fingerprint density at radius 2 is 1.79 bits per heavy atom. The maximum Gasteiger partial charge on any atom is 0.323 e. The van der Waals surface area contributed by atoms with Crippen molar-refractivity contribution in [2.45, 2.75) is 13.0 Å². The van der Waals surface area contributed by atoms with Gasteiger partial charge < -0.3 is 19.2 Å². The van der Waals surface area contributed by atoms with Crippen LogP contribution in [-0.4, -0.2) is 55.4 Å². The lowest BCUT2D eigenvalue weighted by Gasteiger charge is -2.21. The number of nitrogens with zero attached hydrogens (tertiary/aromatic N) is 1. The quantitative estimate of drug-likeness (QED) is 0.279. The number of ether oxygens (including phenoxy) is 1. The molecule has 0 atom stereocenters. The van der Waals surface area contributed by atoms with Crippen molar-refractivity contribution in [3.05, 3.63) is 89.7 Å². The van der Waals surface area contributed by atoms with Crippen LogP contribution in [0.4, 0.5) is 8.78 Å². The molecular formula is C28H25F2NO7S. The highest BCUT2D eigenvalue weighted by molar-refractivity contribution is 7.90. The van der Waals surface area contributed by atoms with Crippen LogP contribution in [0, 0.1) is 11.6 Å². The Bertz CT molecular complexity index is 1610. The Labute approximate surface area is 223 Å². The summed E-state index contributed by atoms with van der Waals surface area (Å²) >= 11 is 0. The zero-order chi connectivity index (χ0) is 28.2. The van der Waals surface area contributed by atoms with Crippen LogP contribution in [0.25, 0.3) is 22.1 Å². The molecule has 0 fully saturated rings. The van der Waals surface area contributed by atoms with Gasteiger partial charge in [-0.1, -0.05) is 24.3 Å². The first-order valence-corrected chi connectivity index (χ1v) is 13.9. The molecule has 3 aromatic carbocycles. The minimum absolute atomic E-state index is 0.0203. The third-order valence-electron chi connectivity index (χ3n) is 5.93. The number of hydrogen-bond acceptors (Lipinski definition) is 6. The first-order valence-electron chi connectivity index (χ1n) is 11.9. The van der Waals surface area contributed by atoms with E-state index in [2.05, 4.69) is 0 Å². The Balaban J connectivity index is 1.44. The van der Waals surface area contributed by atoms with Gasteiger partial charge in [0.05, 0.1) is 17.4 Å². The number of halogens is 2. The third-order valence-corrected chi connectivity index (χ3v) is 6.96. The zero-order valence-electron chi connectivity index (χ0n) is 20.9. The molecule has 204 valence electrons. The lowest BCUT2D eigenvalue weighted by molar-refractivity contribution is -0.137. The van der Waals surface area contributed by atoms with E-state index in [9.17, 15) is 31.9 Å². The molecule has 0 unspecified atom stereocenters. The van der Waals surface area contributed by atoms with Gasteiger partial charge in [-0.05, 0) is 53.9 Å². The molecule has 1 aromatic heterocycles. The largest absolute Gasteiger partial charge is 0.489 e. The van der Waals surface area contributed by atoms with E-state index >= 15 is 0 Å². The van der Waals surface area contributed by atoms with Crippen molar-refractivity contribution in [2.75, 3.05) is 25.1 Å². The summed E-state index contributed by atoms with van der Waals surface area (Å²) in [4.78, 5) is 25.3. The number of aliphatic carboxylic acids is 1. The van der Waals surface area contributed by atoms with Crippen LogP contribution in [0.2, 0.25) is 0 Å². The lowest BCUT2D eigenvalue weighted by Crippen LogP contribution is -2.37. The molecule has 0 bridgehead atoms. The molecule has 8 nitrogen and oxygen atoms in total. The van der Waals surface area contributed by atoms with Crippen LogP contribution in [0.1, 0.15) is 22.3 Å². The summed E-state index contributed by atoms with van der Waals surface area (Å²) in [5.74, 6) is -3.36. The van der Waals surface area contributed by atoms with Gasteiger partial charge in [0.1, 0.15) is 34.3 Å². The molecule has 11 heteroatoms. The molecule has 0 saturated heterocycles. The minimum Gasteiger partial charge on any atom is -0.489 e. The molecule has 0 spiro atoms. The number of hydrogen-bond donors (Lipinski definition) is 1. The second kappa shape index (κ2) is 11.6. The molecule has 0 aliphatic rings. The van der Waals surface area contributed by atoms with Crippen LogP contribution in [0.5, 0.6) is 5.75 Å². The number of amides is 1. The summed E-state index contributed by atoms with van der Waals surface area (Å²) in [6.07, 6.45) is 2.49. The fraction of sp³-hybridized carbons (Fsp3) is 0.214. The van der Waals surface area contributed by atoms with Crippen molar-refractivity contribution in [1.29, 1.82) is 0 Å². The predicted molar refractivity (Wildman–Crippen MR) is 140 cm³/mol.